The fourth-order valence-corrected chi connectivity index (χ4v) is 1.24. The molecule has 0 bridgehead atoms. The smallest absolute Gasteiger partial charge is 0.272 e. The van der Waals surface area contributed by atoms with Crippen LogP contribution in [0, 0.1) is 6.92 Å². The van der Waals surface area contributed by atoms with Crippen molar-refractivity contribution >= 4 is 0 Å². The minimum atomic E-state index is -2.47. The Morgan fingerprint density at radius 1 is 1.33 bits per heavy atom. The summed E-state index contributed by atoms with van der Waals surface area (Å²) in [5.41, 5.74) is 1.63. The first-order valence-electron chi connectivity index (χ1n) is 4.89. The normalized spacial score (nSPS) is 11.1. The van der Waals surface area contributed by atoms with Crippen molar-refractivity contribution in [1.82, 2.24) is 4.98 Å². The second-order valence-corrected chi connectivity index (χ2v) is 3.70. The number of nitrogens with zero attached hydrogens (tertiary/aromatic N) is 1. The van der Waals surface area contributed by atoms with Crippen molar-refractivity contribution in [1.29, 1.82) is 0 Å². The first-order valence-corrected chi connectivity index (χ1v) is 4.89. The van der Waals surface area contributed by atoms with Crippen LogP contribution in [0.1, 0.15) is 31.0 Å². The van der Waals surface area contributed by atoms with Gasteiger partial charge in [-0.25, -0.2) is 13.8 Å². The van der Waals surface area contributed by atoms with Crippen LogP contribution < -0.4 is 4.74 Å². The van der Waals surface area contributed by atoms with Gasteiger partial charge in [0.1, 0.15) is 0 Å². The molecule has 1 heterocycles. The van der Waals surface area contributed by atoms with Gasteiger partial charge in [0.25, 0.3) is 6.43 Å². The van der Waals surface area contributed by atoms with E-state index in [1.165, 1.54) is 0 Å². The van der Waals surface area contributed by atoms with Crippen molar-refractivity contribution in [3.63, 3.8) is 0 Å². The van der Waals surface area contributed by atoms with E-state index in [9.17, 15) is 8.78 Å². The lowest BCUT2D eigenvalue weighted by atomic mass is 10.0. The Bertz CT molecular complexity index is 326. The average Bonchev–Trinajstić information content (AvgIpc) is 2.14. The van der Waals surface area contributed by atoms with Gasteiger partial charge in [-0.15, -0.1) is 0 Å². The van der Waals surface area contributed by atoms with Gasteiger partial charge in [0.2, 0.25) is 5.88 Å². The fourth-order valence-electron chi connectivity index (χ4n) is 1.24. The molecule has 0 amide bonds. The van der Waals surface area contributed by atoms with Gasteiger partial charge in [0.15, 0.2) is 6.61 Å². The van der Waals surface area contributed by atoms with E-state index < -0.39 is 13.0 Å². The highest BCUT2D eigenvalue weighted by Gasteiger charge is 2.11. The molecule has 0 aromatic carbocycles. The van der Waals surface area contributed by atoms with Crippen LogP contribution in [0.25, 0.3) is 0 Å². The maximum Gasteiger partial charge on any atom is 0.272 e. The van der Waals surface area contributed by atoms with Gasteiger partial charge in [-0.3, -0.25) is 0 Å². The number of hydrogen-bond donors (Lipinski definition) is 0. The molecule has 15 heavy (non-hydrogen) atoms. The molecule has 0 fully saturated rings. The quantitative estimate of drug-likeness (QED) is 0.769. The van der Waals surface area contributed by atoms with Crippen LogP contribution in [0.5, 0.6) is 5.88 Å². The second kappa shape index (κ2) is 5.05. The number of halogens is 2. The van der Waals surface area contributed by atoms with E-state index >= 15 is 0 Å². The molecule has 0 N–H and O–H groups in total. The summed E-state index contributed by atoms with van der Waals surface area (Å²) in [6.45, 7) is 5.15. The molecule has 0 aliphatic heterocycles. The lowest BCUT2D eigenvalue weighted by Gasteiger charge is -2.13. The van der Waals surface area contributed by atoms with Gasteiger partial charge in [0, 0.05) is 11.3 Å². The highest BCUT2D eigenvalue weighted by Crippen LogP contribution is 2.24. The molecular formula is C11H15F2NO. The average molecular weight is 215 g/mol. The summed E-state index contributed by atoms with van der Waals surface area (Å²) in [4.78, 5) is 4.11. The van der Waals surface area contributed by atoms with Crippen molar-refractivity contribution in [3.8, 4) is 5.88 Å². The van der Waals surface area contributed by atoms with Gasteiger partial charge in [-0.1, -0.05) is 19.9 Å². The van der Waals surface area contributed by atoms with Crippen molar-refractivity contribution in [2.24, 2.45) is 0 Å². The maximum absolute atomic E-state index is 12.0. The van der Waals surface area contributed by atoms with Crippen LogP contribution in [0.4, 0.5) is 8.78 Å². The minimum Gasteiger partial charge on any atom is -0.471 e. The summed E-state index contributed by atoms with van der Waals surface area (Å²) in [5, 5.41) is 0. The standard InChI is InChI=1S/C11H15F2NO/c1-7(2)9-5-4-8(3)14-11(9)15-6-10(12)13/h4-5,7,10H,6H2,1-3H3. The number of pyridine rings is 1. The van der Waals surface area contributed by atoms with E-state index in [0.717, 1.165) is 11.3 Å². The van der Waals surface area contributed by atoms with Gasteiger partial charge in [-0.2, -0.15) is 0 Å². The second-order valence-electron chi connectivity index (χ2n) is 3.70. The summed E-state index contributed by atoms with van der Waals surface area (Å²) in [7, 11) is 0. The molecule has 1 aromatic rings. The zero-order chi connectivity index (χ0) is 11.4. The Morgan fingerprint density at radius 3 is 2.53 bits per heavy atom. The molecular weight excluding hydrogens is 200 g/mol. The summed E-state index contributed by atoms with van der Waals surface area (Å²) >= 11 is 0. The first-order chi connectivity index (χ1) is 7.00. The number of aromatic nitrogens is 1. The minimum absolute atomic E-state index is 0.214. The molecule has 2 nitrogen and oxygen atoms in total. The van der Waals surface area contributed by atoms with Crippen molar-refractivity contribution in [2.45, 2.75) is 33.1 Å². The van der Waals surface area contributed by atoms with E-state index in [2.05, 4.69) is 4.98 Å². The lowest BCUT2D eigenvalue weighted by molar-refractivity contribution is 0.0788. The monoisotopic (exact) mass is 215 g/mol. The first kappa shape index (κ1) is 11.9. The van der Waals surface area contributed by atoms with Crippen LogP contribution in [0.2, 0.25) is 0 Å². The predicted octanol–water partition coefficient (Wildman–Crippen LogP) is 3.16. The SMILES string of the molecule is Cc1ccc(C(C)C)c(OCC(F)F)n1. The third kappa shape index (κ3) is 3.46. The number of aryl methyl sites for hydroxylation is 1. The molecule has 84 valence electrons. The molecule has 0 unspecified atom stereocenters. The van der Waals surface area contributed by atoms with E-state index in [0.29, 0.717) is 5.88 Å². The highest BCUT2D eigenvalue weighted by atomic mass is 19.3. The van der Waals surface area contributed by atoms with Gasteiger partial charge in [-0.05, 0) is 18.9 Å². The Balaban J connectivity index is 2.87. The molecule has 0 saturated carbocycles. The van der Waals surface area contributed by atoms with Crippen LogP contribution in [-0.4, -0.2) is 18.0 Å². The number of alkyl halides is 2. The largest absolute Gasteiger partial charge is 0.471 e. The molecule has 0 atom stereocenters. The number of ether oxygens (including phenoxy) is 1. The van der Waals surface area contributed by atoms with Crippen molar-refractivity contribution in [3.05, 3.63) is 23.4 Å². The molecule has 0 aliphatic rings. The van der Waals surface area contributed by atoms with E-state index in [4.69, 9.17) is 4.74 Å². The van der Waals surface area contributed by atoms with Crippen LogP contribution in [0.3, 0.4) is 0 Å². The summed E-state index contributed by atoms with van der Waals surface area (Å²) in [6.07, 6.45) is -2.47. The molecule has 4 heteroatoms. The maximum atomic E-state index is 12.0. The molecule has 0 spiro atoms. The molecule has 0 radical (unpaired) electrons. The Morgan fingerprint density at radius 2 is 2.00 bits per heavy atom. The lowest BCUT2D eigenvalue weighted by Crippen LogP contribution is -2.10. The Kier molecular flexibility index (Phi) is 4.00. The third-order valence-electron chi connectivity index (χ3n) is 2.00. The molecule has 0 aliphatic carbocycles. The van der Waals surface area contributed by atoms with Crippen LogP contribution >= 0.6 is 0 Å². The fraction of sp³-hybridized carbons (Fsp3) is 0.545. The van der Waals surface area contributed by atoms with E-state index in [1.54, 1.807) is 6.92 Å². The summed E-state index contributed by atoms with van der Waals surface area (Å²) in [6, 6.07) is 3.72. The molecule has 1 rings (SSSR count). The Hall–Kier alpha value is -1.19. The van der Waals surface area contributed by atoms with Gasteiger partial charge in [0.05, 0.1) is 0 Å². The van der Waals surface area contributed by atoms with E-state index in [-0.39, 0.29) is 5.92 Å². The van der Waals surface area contributed by atoms with Crippen LogP contribution in [-0.2, 0) is 0 Å². The van der Waals surface area contributed by atoms with Crippen molar-refractivity contribution < 1.29 is 13.5 Å². The highest BCUT2D eigenvalue weighted by molar-refractivity contribution is 5.30. The Labute approximate surface area is 88.3 Å². The molecule has 0 saturated heterocycles. The van der Waals surface area contributed by atoms with Gasteiger partial charge < -0.3 is 4.74 Å². The topological polar surface area (TPSA) is 22.1 Å². The zero-order valence-corrected chi connectivity index (χ0v) is 9.13. The summed E-state index contributed by atoms with van der Waals surface area (Å²) in [5.74, 6) is 0.538. The van der Waals surface area contributed by atoms with Crippen molar-refractivity contribution in [2.75, 3.05) is 6.61 Å². The van der Waals surface area contributed by atoms with Crippen LogP contribution in [0.15, 0.2) is 12.1 Å². The predicted molar refractivity (Wildman–Crippen MR) is 54.6 cm³/mol. The molecule has 1 aromatic heterocycles. The zero-order valence-electron chi connectivity index (χ0n) is 9.13. The van der Waals surface area contributed by atoms with E-state index in [1.807, 2.05) is 26.0 Å². The third-order valence-corrected chi connectivity index (χ3v) is 2.00. The van der Waals surface area contributed by atoms with Gasteiger partial charge >= 0.3 is 0 Å². The summed E-state index contributed by atoms with van der Waals surface area (Å²) < 4.78 is 29.0. The number of hydrogen-bond acceptors (Lipinski definition) is 2. The number of rotatable bonds is 4.